The highest BCUT2D eigenvalue weighted by Crippen LogP contribution is 2.39. The van der Waals surface area contributed by atoms with Crippen LogP contribution in [0.25, 0.3) is 11.6 Å². The summed E-state index contributed by atoms with van der Waals surface area (Å²) in [5.74, 6) is 0. The number of pyridine rings is 1. The number of fused-ring (bicyclic) bond motifs is 1. The van der Waals surface area contributed by atoms with Crippen molar-refractivity contribution in [2.24, 2.45) is 0 Å². The standard InChI is InChI=1S/C21H16N2O/c24-14-15-8-10-17(11-9-15)21-18(16-5-2-1-3-6-16)13-20-19(23-21)7-4-12-22-20/h1-14,21,23H. The molecule has 3 aromatic rings. The van der Waals surface area contributed by atoms with Crippen LogP contribution in [0.2, 0.25) is 0 Å². The first kappa shape index (κ1) is 14.4. The highest BCUT2D eigenvalue weighted by Gasteiger charge is 2.23. The van der Waals surface area contributed by atoms with Gasteiger partial charge >= 0.3 is 0 Å². The molecule has 3 nitrogen and oxygen atoms in total. The number of anilines is 1. The molecule has 0 saturated carbocycles. The minimum Gasteiger partial charge on any atom is -0.372 e. The highest BCUT2D eigenvalue weighted by atomic mass is 16.1. The van der Waals surface area contributed by atoms with Gasteiger partial charge in [0, 0.05) is 11.8 Å². The maximum absolute atomic E-state index is 10.9. The van der Waals surface area contributed by atoms with Gasteiger partial charge in [0.05, 0.1) is 17.4 Å². The molecule has 1 aromatic heterocycles. The number of benzene rings is 2. The topological polar surface area (TPSA) is 42.0 Å². The second-order valence-electron chi connectivity index (χ2n) is 5.76. The van der Waals surface area contributed by atoms with Gasteiger partial charge in [0.2, 0.25) is 0 Å². The molecule has 1 aliphatic heterocycles. The lowest BCUT2D eigenvalue weighted by Gasteiger charge is -2.28. The van der Waals surface area contributed by atoms with Crippen LogP contribution in [-0.2, 0) is 0 Å². The maximum Gasteiger partial charge on any atom is 0.150 e. The van der Waals surface area contributed by atoms with Crippen molar-refractivity contribution in [1.29, 1.82) is 0 Å². The summed E-state index contributed by atoms with van der Waals surface area (Å²) in [7, 11) is 0. The van der Waals surface area contributed by atoms with Crippen molar-refractivity contribution in [2.75, 3.05) is 5.32 Å². The van der Waals surface area contributed by atoms with E-state index in [1.807, 2.05) is 54.6 Å². The third kappa shape index (κ3) is 2.61. The fraction of sp³-hybridized carbons (Fsp3) is 0.0476. The van der Waals surface area contributed by atoms with Crippen LogP contribution in [0.5, 0.6) is 0 Å². The van der Waals surface area contributed by atoms with E-state index in [1.165, 1.54) is 5.57 Å². The Kier molecular flexibility index (Phi) is 3.67. The predicted octanol–water partition coefficient (Wildman–Crippen LogP) is 4.60. The summed E-state index contributed by atoms with van der Waals surface area (Å²) in [6.45, 7) is 0. The first-order valence-electron chi connectivity index (χ1n) is 7.89. The summed E-state index contributed by atoms with van der Waals surface area (Å²) in [6, 6.07) is 22.0. The van der Waals surface area contributed by atoms with Gasteiger partial charge < -0.3 is 5.32 Å². The lowest BCUT2D eigenvalue weighted by molar-refractivity contribution is 0.112. The smallest absolute Gasteiger partial charge is 0.150 e. The Morgan fingerprint density at radius 2 is 1.71 bits per heavy atom. The largest absolute Gasteiger partial charge is 0.372 e. The molecule has 2 aromatic carbocycles. The van der Waals surface area contributed by atoms with E-state index in [4.69, 9.17) is 0 Å². The van der Waals surface area contributed by atoms with Gasteiger partial charge in [0.25, 0.3) is 0 Å². The molecule has 0 aliphatic carbocycles. The van der Waals surface area contributed by atoms with Gasteiger partial charge in [-0.15, -0.1) is 0 Å². The lowest BCUT2D eigenvalue weighted by Crippen LogP contribution is -2.17. The molecule has 2 heterocycles. The van der Waals surface area contributed by atoms with Crippen LogP contribution < -0.4 is 5.32 Å². The molecule has 0 bridgehead atoms. The zero-order valence-electron chi connectivity index (χ0n) is 13.0. The van der Waals surface area contributed by atoms with Crippen molar-refractivity contribution in [2.45, 2.75) is 6.04 Å². The molecule has 0 radical (unpaired) electrons. The minimum atomic E-state index is 0.0183. The highest BCUT2D eigenvalue weighted by molar-refractivity contribution is 5.92. The summed E-state index contributed by atoms with van der Waals surface area (Å²) in [5.41, 5.74) is 6.08. The number of carbonyl (C=O) groups is 1. The zero-order chi connectivity index (χ0) is 16.4. The number of nitrogens with zero attached hydrogens (tertiary/aromatic N) is 1. The third-order valence-corrected chi connectivity index (χ3v) is 4.25. The van der Waals surface area contributed by atoms with Gasteiger partial charge in [-0.3, -0.25) is 9.78 Å². The van der Waals surface area contributed by atoms with E-state index in [0.29, 0.717) is 5.56 Å². The first-order valence-corrected chi connectivity index (χ1v) is 7.89. The normalized spacial score (nSPS) is 15.8. The lowest BCUT2D eigenvalue weighted by atomic mass is 9.89. The van der Waals surface area contributed by atoms with Crippen molar-refractivity contribution in [1.82, 2.24) is 4.98 Å². The van der Waals surface area contributed by atoms with Crippen molar-refractivity contribution in [3.8, 4) is 0 Å². The SMILES string of the molecule is O=Cc1ccc(C2Nc3cccnc3C=C2c2ccccc2)cc1. The van der Waals surface area contributed by atoms with Gasteiger partial charge in [0.15, 0.2) is 0 Å². The van der Waals surface area contributed by atoms with E-state index in [1.54, 1.807) is 6.20 Å². The first-order chi connectivity index (χ1) is 11.8. The van der Waals surface area contributed by atoms with Gasteiger partial charge in [-0.25, -0.2) is 0 Å². The average Bonchev–Trinajstić information content (AvgIpc) is 2.68. The monoisotopic (exact) mass is 312 g/mol. The minimum absolute atomic E-state index is 0.0183. The maximum atomic E-state index is 10.9. The molecule has 0 saturated heterocycles. The molecular formula is C21H16N2O. The molecule has 1 aliphatic rings. The summed E-state index contributed by atoms with van der Waals surface area (Å²) in [6.07, 6.45) is 4.81. The second-order valence-corrected chi connectivity index (χ2v) is 5.76. The van der Waals surface area contributed by atoms with Crippen molar-refractivity contribution in [3.05, 3.63) is 95.3 Å². The molecule has 0 spiro atoms. The van der Waals surface area contributed by atoms with Crippen LogP contribution in [0.4, 0.5) is 5.69 Å². The Labute approximate surface area is 140 Å². The van der Waals surface area contributed by atoms with Gasteiger partial charge in [-0.2, -0.15) is 0 Å². The van der Waals surface area contributed by atoms with Crippen molar-refractivity contribution < 1.29 is 4.79 Å². The number of nitrogens with one attached hydrogen (secondary N) is 1. The summed E-state index contributed by atoms with van der Waals surface area (Å²) in [5, 5.41) is 3.58. The summed E-state index contributed by atoms with van der Waals surface area (Å²) < 4.78 is 0. The van der Waals surface area contributed by atoms with Crippen molar-refractivity contribution in [3.63, 3.8) is 0 Å². The molecule has 3 heteroatoms. The van der Waals surface area contributed by atoms with E-state index in [9.17, 15) is 4.79 Å². The predicted molar refractivity (Wildman–Crippen MR) is 96.7 cm³/mol. The molecule has 0 fully saturated rings. The number of rotatable bonds is 3. The van der Waals surface area contributed by atoms with Crippen LogP contribution >= 0.6 is 0 Å². The molecule has 1 N–H and O–H groups in total. The molecule has 0 amide bonds. The molecule has 116 valence electrons. The van der Waals surface area contributed by atoms with Crippen LogP contribution in [0.1, 0.15) is 33.2 Å². The van der Waals surface area contributed by atoms with Gasteiger partial charge in [-0.05, 0) is 34.9 Å². The van der Waals surface area contributed by atoms with Crippen molar-refractivity contribution >= 4 is 23.6 Å². The van der Waals surface area contributed by atoms with Crippen LogP contribution in [0.3, 0.4) is 0 Å². The Balaban J connectivity index is 1.83. The van der Waals surface area contributed by atoms with Crippen LogP contribution in [-0.4, -0.2) is 11.3 Å². The van der Waals surface area contributed by atoms with E-state index in [0.717, 1.165) is 28.8 Å². The molecule has 1 atom stereocenters. The van der Waals surface area contributed by atoms with E-state index < -0.39 is 0 Å². The summed E-state index contributed by atoms with van der Waals surface area (Å²) in [4.78, 5) is 15.4. The number of aldehydes is 1. The van der Waals surface area contributed by atoms with E-state index >= 15 is 0 Å². The fourth-order valence-electron chi connectivity index (χ4n) is 3.03. The number of hydrogen-bond donors (Lipinski definition) is 1. The Morgan fingerprint density at radius 3 is 2.46 bits per heavy atom. The molecule has 1 unspecified atom stereocenters. The van der Waals surface area contributed by atoms with E-state index in [-0.39, 0.29) is 6.04 Å². The number of aromatic nitrogens is 1. The summed E-state index contributed by atoms with van der Waals surface area (Å²) >= 11 is 0. The van der Waals surface area contributed by atoms with Gasteiger partial charge in [0.1, 0.15) is 6.29 Å². The van der Waals surface area contributed by atoms with E-state index in [2.05, 4.69) is 28.5 Å². The molecule has 24 heavy (non-hydrogen) atoms. The average molecular weight is 312 g/mol. The number of carbonyl (C=O) groups excluding carboxylic acids is 1. The Hall–Kier alpha value is -3.20. The molecular weight excluding hydrogens is 296 g/mol. The Bertz CT molecular complexity index is 899. The van der Waals surface area contributed by atoms with Crippen LogP contribution in [0, 0.1) is 0 Å². The Morgan fingerprint density at radius 1 is 0.917 bits per heavy atom. The fourth-order valence-corrected chi connectivity index (χ4v) is 3.03. The van der Waals surface area contributed by atoms with Crippen LogP contribution in [0.15, 0.2) is 72.9 Å². The zero-order valence-corrected chi connectivity index (χ0v) is 13.0. The second kappa shape index (κ2) is 6.13. The van der Waals surface area contributed by atoms with Gasteiger partial charge in [-0.1, -0.05) is 54.6 Å². The third-order valence-electron chi connectivity index (χ3n) is 4.25. The molecule has 4 rings (SSSR count). The number of hydrogen-bond acceptors (Lipinski definition) is 3. The quantitative estimate of drug-likeness (QED) is 0.719.